The van der Waals surface area contributed by atoms with Gasteiger partial charge in [0.2, 0.25) is 6.54 Å². The second-order valence-electron chi connectivity index (χ2n) is 4.64. The average Bonchev–Trinajstić information content (AvgIpc) is 1.48. The Hall–Kier alpha value is -0.640. The summed E-state index contributed by atoms with van der Waals surface area (Å²) in [6, 6.07) is 0. The molecule has 0 aromatic rings. The van der Waals surface area contributed by atoms with Gasteiger partial charge in [-0.15, -0.1) is 0 Å². The molecule has 0 aliphatic rings. The molecule has 0 saturated carbocycles. The van der Waals surface area contributed by atoms with Crippen molar-refractivity contribution in [2.75, 3.05) is 6.54 Å². The van der Waals surface area contributed by atoms with E-state index in [0.29, 0.717) is 6.42 Å². The third-order valence-electron chi connectivity index (χ3n) is 1.47. The second-order valence-corrected chi connectivity index (χ2v) is 4.64. The summed E-state index contributed by atoms with van der Waals surface area (Å²) in [5.74, 6) is 0. The standard InChI is InChI=1S/C8H17NO3/c1-7(2,6-9(11)12)5-8(3,4)10/h10H,5-6H2,1-4H3. The minimum atomic E-state index is -0.834. The highest BCUT2D eigenvalue weighted by molar-refractivity contribution is 4.77. The predicted molar refractivity (Wildman–Crippen MR) is 46.6 cm³/mol. The first kappa shape index (κ1) is 11.4. The number of nitro groups is 1. The van der Waals surface area contributed by atoms with Crippen LogP contribution in [-0.2, 0) is 0 Å². The van der Waals surface area contributed by atoms with Crippen LogP contribution in [0, 0.1) is 15.5 Å². The van der Waals surface area contributed by atoms with Crippen LogP contribution in [0.3, 0.4) is 0 Å². The number of hydrogen-bond donors (Lipinski definition) is 1. The van der Waals surface area contributed by atoms with Crippen molar-refractivity contribution in [1.29, 1.82) is 0 Å². The fourth-order valence-corrected chi connectivity index (χ4v) is 1.58. The van der Waals surface area contributed by atoms with Gasteiger partial charge < -0.3 is 5.11 Å². The smallest absolute Gasteiger partial charge is 0.209 e. The summed E-state index contributed by atoms with van der Waals surface area (Å²) in [7, 11) is 0. The highest BCUT2D eigenvalue weighted by Crippen LogP contribution is 2.27. The fraction of sp³-hybridized carbons (Fsp3) is 1.00. The Morgan fingerprint density at radius 1 is 1.33 bits per heavy atom. The van der Waals surface area contributed by atoms with Crippen LogP contribution in [0.15, 0.2) is 0 Å². The van der Waals surface area contributed by atoms with Crippen molar-refractivity contribution >= 4 is 0 Å². The van der Waals surface area contributed by atoms with Crippen LogP contribution in [0.2, 0.25) is 0 Å². The van der Waals surface area contributed by atoms with Crippen LogP contribution in [0.5, 0.6) is 0 Å². The lowest BCUT2D eigenvalue weighted by molar-refractivity contribution is -0.496. The summed E-state index contributed by atoms with van der Waals surface area (Å²) in [5, 5.41) is 19.7. The summed E-state index contributed by atoms with van der Waals surface area (Å²) in [5.41, 5.74) is -1.28. The minimum Gasteiger partial charge on any atom is -0.390 e. The fourth-order valence-electron chi connectivity index (χ4n) is 1.58. The van der Waals surface area contributed by atoms with Crippen LogP contribution in [-0.4, -0.2) is 22.2 Å². The molecule has 4 nitrogen and oxygen atoms in total. The normalized spacial score (nSPS) is 13.1. The second kappa shape index (κ2) is 3.39. The van der Waals surface area contributed by atoms with E-state index in [9.17, 15) is 15.2 Å². The first-order valence-electron chi connectivity index (χ1n) is 3.97. The summed E-state index contributed by atoms with van der Waals surface area (Å²) in [6.07, 6.45) is 0.432. The highest BCUT2D eigenvalue weighted by Gasteiger charge is 2.31. The number of hydrogen-bond acceptors (Lipinski definition) is 3. The lowest BCUT2D eigenvalue weighted by atomic mass is 9.82. The highest BCUT2D eigenvalue weighted by atomic mass is 16.6. The summed E-state index contributed by atoms with van der Waals surface area (Å²) < 4.78 is 0. The Morgan fingerprint density at radius 3 is 2.00 bits per heavy atom. The molecule has 1 N–H and O–H groups in total. The molecule has 0 aromatic carbocycles. The zero-order valence-corrected chi connectivity index (χ0v) is 8.13. The van der Waals surface area contributed by atoms with Gasteiger partial charge in [-0.1, -0.05) is 13.8 Å². The number of aliphatic hydroxyl groups is 1. The first-order chi connectivity index (χ1) is 5.12. The van der Waals surface area contributed by atoms with Crippen molar-refractivity contribution in [1.82, 2.24) is 0 Å². The SMILES string of the molecule is CC(C)(O)CC(C)(C)C[N+](=O)[O-]. The van der Waals surface area contributed by atoms with Gasteiger partial charge in [-0.3, -0.25) is 10.1 Å². The largest absolute Gasteiger partial charge is 0.390 e. The Morgan fingerprint density at radius 2 is 1.75 bits per heavy atom. The van der Waals surface area contributed by atoms with Crippen LogP contribution < -0.4 is 0 Å². The van der Waals surface area contributed by atoms with E-state index in [1.54, 1.807) is 27.7 Å². The summed E-state index contributed by atoms with van der Waals surface area (Å²) in [4.78, 5) is 9.88. The van der Waals surface area contributed by atoms with E-state index in [4.69, 9.17) is 0 Å². The molecule has 0 fully saturated rings. The van der Waals surface area contributed by atoms with E-state index >= 15 is 0 Å². The van der Waals surface area contributed by atoms with Gasteiger partial charge in [0.1, 0.15) is 0 Å². The van der Waals surface area contributed by atoms with Crippen molar-refractivity contribution in [3.63, 3.8) is 0 Å². The molecule has 0 aliphatic heterocycles. The van der Waals surface area contributed by atoms with Crippen LogP contribution in [0.4, 0.5) is 0 Å². The maximum atomic E-state index is 10.2. The van der Waals surface area contributed by atoms with Gasteiger partial charge in [0.25, 0.3) is 0 Å². The molecule has 72 valence electrons. The first-order valence-corrected chi connectivity index (χ1v) is 3.97. The van der Waals surface area contributed by atoms with Gasteiger partial charge in [0.15, 0.2) is 0 Å². The molecule has 0 bridgehead atoms. The van der Waals surface area contributed by atoms with E-state index in [0.717, 1.165) is 0 Å². The lowest BCUT2D eigenvalue weighted by Gasteiger charge is -2.27. The molecule has 0 heterocycles. The molecule has 0 aliphatic carbocycles. The van der Waals surface area contributed by atoms with Crippen molar-refractivity contribution in [3.05, 3.63) is 10.1 Å². The van der Waals surface area contributed by atoms with Crippen molar-refractivity contribution in [2.45, 2.75) is 39.7 Å². The quantitative estimate of drug-likeness (QED) is 0.519. The summed E-state index contributed by atoms with van der Waals surface area (Å²) >= 11 is 0. The molecular weight excluding hydrogens is 158 g/mol. The zero-order valence-electron chi connectivity index (χ0n) is 8.13. The molecule has 0 unspecified atom stereocenters. The topological polar surface area (TPSA) is 63.4 Å². The van der Waals surface area contributed by atoms with E-state index in [1.165, 1.54) is 0 Å². The van der Waals surface area contributed by atoms with Gasteiger partial charge in [-0.2, -0.15) is 0 Å². The summed E-state index contributed by atoms with van der Waals surface area (Å²) in [6.45, 7) is 6.79. The molecule has 0 radical (unpaired) electrons. The van der Waals surface area contributed by atoms with Crippen LogP contribution >= 0.6 is 0 Å². The molecular formula is C8H17NO3. The Bertz CT molecular complexity index is 170. The maximum absolute atomic E-state index is 10.2. The molecule has 4 heteroatoms. The van der Waals surface area contributed by atoms with Gasteiger partial charge in [-0.25, -0.2) is 0 Å². The number of rotatable bonds is 4. The van der Waals surface area contributed by atoms with Crippen molar-refractivity contribution in [3.8, 4) is 0 Å². The molecule has 0 spiro atoms. The lowest BCUT2D eigenvalue weighted by Crippen LogP contribution is -2.33. The zero-order chi connectivity index (χ0) is 9.99. The van der Waals surface area contributed by atoms with Gasteiger partial charge in [0.05, 0.1) is 5.60 Å². The maximum Gasteiger partial charge on any atom is 0.209 e. The minimum absolute atomic E-state index is 0.100. The molecule has 0 atom stereocenters. The van der Waals surface area contributed by atoms with Crippen molar-refractivity contribution < 1.29 is 10.0 Å². The van der Waals surface area contributed by atoms with E-state index in [1.807, 2.05) is 0 Å². The monoisotopic (exact) mass is 175 g/mol. The van der Waals surface area contributed by atoms with Gasteiger partial charge in [0, 0.05) is 10.3 Å². The molecule has 0 amide bonds. The van der Waals surface area contributed by atoms with E-state index in [-0.39, 0.29) is 11.5 Å². The van der Waals surface area contributed by atoms with Crippen molar-refractivity contribution in [2.24, 2.45) is 5.41 Å². The van der Waals surface area contributed by atoms with Crippen LogP contribution in [0.25, 0.3) is 0 Å². The predicted octanol–water partition coefficient (Wildman–Crippen LogP) is 1.45. The van der Waals surface area contributed by atoms with E-state index in [2.05, 4.69) is 0 Å². The van der Waals surface area contributed by atoms with Gasteiger partial charge >= 0.3 is 0 Å². The Balaban J connectivity index is 4.13. The van der Waals surface area contributed by atoms with Crippen LogP contribution in [0.1, 0.15) is 34.1 Å². The molecule has 0 aromatic heterocycles. The van der Waals surface area contributed by atoms with E-state index < -0.39 is 11.0 Å². The molecule has 12 heavy (non-hydrogen) atoms. The molecule has 0 rings (SSSR count). The third kappa shape index (κ3) is 6.09. The van der Waals surface area contributed by atoms with Gasteiger partial charge in [-0.05, 0) is 20.3 Å². The average molecular weight is 175 g/mol. The molecule has 0 saturated heterocycles. The third-order valence-corrected chi connectivity index (χ3v) is 1.47. The number of nitrogens with zero attached hydrogens (tertiary/aromatic N) is 1. The Kier molecular flexibility index (Phi) is 3.21. The Labute approximate surface area is 72.7 Å².